The quantitative estimate of drug-likeness (QED) is 0.774. The lowest BCUT2D eigenvalue weighted by molar-refractivity contribution is -0.118. The van der Waals surface area contributed by atoms with E-state index < -0.39 is 17.6 Å². The Morgan fingerprint density at radius 1 is 1.44 bits per heavy atom. The Balaban J connectivity index is 1.82. The molecule has 1 amide bonds. The van der Waals surface area contributed by atoms with Gasteiger partial charge in [0.25, 0.3) is 0 Å². The van der Waals surface area contributed by atoms with Gasteiger partial charge in [0.2, 0.25) is 5.91 Å². The standard InChI is InChI=1S/C18H15ClFN3OS/c19-14-7-11(3-5-15(14)20)13(17(22)24)9-25-18-12(8-21)4-6-16(23-18)10-1-2-10/h3-7,10,13H,1-2,9H2,(H2,22,24). The number of hydrogen-bond acceptors (Lipinski definition) is 4. The first-order chi connectivity index (χ1) is 12.0. The number of halogens is 2. The van der Waals surface area contributed by atoms with Crippen molar-refractivity contribution < 1.29 is 9.18 Å². The van der Waals surface area contributed by atoms with E-state index in [0.29, 0.717) is 27.8 Å². The third-order valence-electron chi connectivity index (χ3n) is 4.07. The number of hydrogen-bond donors (Lipinski definition) is 1. The average molecular weight is 376 g/mol. The number of thioether (sulfide) groups is 1. The van der Waals surface area contributed by atoms with Crippen LogP contribution >= 0.6 is 23.4 Å². The van der Waals surface area contributed by atoms with Crippen LogP contribution in [0.4, 0.5) is 4.39 Å². The number of pyridine rings is 1. The maximum atomic E-state index is 13.3. The maximum Gasteiger partial charge on any atom is 0.225 e. The van der Waals surface area contributed by atoms with Crippen LogP contribution < -0.4 is 5.73 Å². The highest BCUT2D eigenvalue weighted by atomic mass is 35.5. The zero-order valence-electron chi connectivity index (χ0n) is 13.2. The van der Waals surface area contributed by atoms with Crippen LogP contribution in [0, 0.1) is 17.1 Å². The first kappa shape index (κ1) is 17.7. The summed E-state index contributed by atoms with van der Waals surface area (Å²) in [4.78, 5) is 16.4. The Hall–Kier alpha value is -2.10. The number of carbonyl (C=O) groups excluding carboxylic acids is 1. The number of aromatic nitrogens is 1. The molecule has 1 atom stereocenters. The summed E-state index contributed by atoms with van der Waals surface area (Å²) in [5.74, 6) is -0.970. The number of nitriles is 1. The number of primary amides is 1. The van der Waals surface area contributed by atoms with Crippen molar-refractivity contribution in [2.24, 2.45) is 5.73 Å². The van der Waals surface area contributed by atoms with Crippen LogP contribution in [0.5, 0.6) is 0 Å². The van der Waals surface area contributed by atoms with Gasteiger partial charge in [-0.3, -0.25) is 4.79 Å². The number of rotatable bonds is 6. The van der Waals surface area contributed by atoms with Crippen LogP contribution in [0.2, 0.25) is 5.02 Å². The average Bonchev–Trinajstić information content (AvgIpc) is 3.42. The van der Waals surface area contributed by atoms with Gasteiger partial charge in [0.05, 0.1) is 16.5 Å². The second-order valence-electron chi connectivity index (χ2n) is 5.91. The molecule has 1 heterocycles. The highest BCUT2D eigenvalue weighted by Crippen LogP contribution is 2.40. The molecule has 1 aromatic heterocycles. The highest BCUT2D eigenvalue weighted by Gasteiger charge is 2.26. The lowest BCUT2D eigenvalue weighted by Gasteiger charge is -2.14. The number of carbonyl (C=O) groups is 1. The zero-order chi connectivity index (χ0) is 18.0. The van der Waals surface area contributed by atoms with Crippen molar-refractivity contribution in [3.63, 3.8) is 0 Å². The lowest BCUT2D eigenvalue weighted by Crippen LogP contribution is -2.23. The van der Waals surface area contributed by atoms with Gasteiger partial charge < -0.3 is 5.73 Å². The van der Waals surface area contributed by atoms with Gasteiger partial charge in [-0.1, -0.05) is 17.7 Å². The van der Waals surface area contributed by atoms with Crippen LogP contribution in [0.1, 0.15) is 41.5 Å². The molecule has 1 unspecified atom stereocenters. The van der Waals surface area contributed by atoms with Crippen molar-refractivity contribution in [2.45, 2.75) is 29.7 Å². The molecule has 4 nitrogen and oxygen atoms in total. The van der Waals surface area contributed by atoms with Crippen LogP contribution in [-0.2, 0) is 4.79 Å². The van der Waals surface area contributed by atoms with E-state index in [0.717, 1.165) is 18.5 Å². The summed E-state index contributed by atoms with van der Waals surface area (Å²) in [6.45, 7) is 0. The van der Waals surface area contributed by atoms with Crippen LogP contribution in [-0.4, -0.2) is 16.6 Å². The first-order valence-electron chi connectivity index (χ1n) is 7.77. The SMILES string of the molecule is N#Cc1ccc(C2CC2)nc1SCC(C(N)=O)c1ccc(F)c(Cl)c1. The monoisotopic (exact) mass is 375 g/mol. The van der Waals surface area contributed by atoms with Crippen molar-refractivity contribution in [3.05, 3.63) is 58.0 Å². The summed E-state index contributed by atoms with van der Waals surface area (Å²) in [7, 11) is 0. The molecule has 0 radical (unpaired) electrons. The molecule has 1 aliphatic rings. The van der Waals surface area contributed by atoms with Gasteiger partial charge in [0, 0.05) is 17.4 Å². The van der Waals surface area contributed by atoms with Crippen molar-refractivity contribution in [1.29, 1.82) is 5.26 Å². The molecule has 1 fully saturated rings. The summed E-state index contributed by atoms with van der Waals surface area (Å²) in [5.41, 5.74) is 7.49. The molecule has 1 aliphatic carbocycles. The Labute approximate surface area is 154 Å². The first-order valence-corrected chi connectivity index (χ1v) is 9.14. The zero-order valence-corrected chi connectivity index (χ0v) is 14.8. The van der Waals surface area contributed by atoms with E-state index in [-0.39, 0.29) is 5.02 Å². The summed E-state index contributed by atoms with van der Waals surface area (Å²) in [6, 6.07) is 9.88. The van der Waals surface area contributed by atoms with E-state index in [1.807, 2.05) is 6.07 Å². The molecular weight excluding hydrogens is 361 g/mol. The molecule has 2 aromatic rings. The molecule has 0 aliphatic heterocycles. The molecule has 128 valence electrons. The van der Waals surface area contributed by atoms with Crippen LogP contribution in [0.25, 0.3) is 0 Å². The van der Waals surface area contributed by atoms with E-state index in [2.05, 4.69) is 11.1 Å². The predicted molar refractivity (Wildman–Crippen MR) is 95.0 cm³/mol. The van der Waals surface area contributed by atoms with Gasteiger partial charge >= 0.3 is 0 Å². The third kappa shape index (κ3) is 4.12. The molecular formula is C18H15ClFN3OS. The largest absolute Gasteiger partial charge is 0.369 e. The Bertz CT molecular complexity index is 864. The minimum atomic E-state index is -0.652. The molecule has 0 spiro atoms. The predicted octanol–water partition coefficient (Wildman–Crippen LogP) is 3.98. The molecule has 0 bridgehead atoms. The van der Waals surface area contributed by atoms with Gasteiger partial charge in [-0.15, -0.1) is 11.8 Å². The molecule has 0 saturated heterocycles. The van der Waals surface area contributed by atoms with E-state index in [1.165, 1.54) is 30.0 Å². The van der Waals surface area contributed by atoms with Crippen molar-refractivity contribution in [1.82, 2.24) is 4.98 Å². The van der Waals surface area contributed by atoms with Gasteiger partial charge in [-0.05, 0) is 42.7 Å². The Kier molecular flexibility index (Phi) is 5.26. The van der Waals surface area contributed by atoms with E-state index in [4.69, 9.17) is 17.3 Å². The normalized spacial score (nSPS) is 14.8. The molecule has 2 N–H and O–H groups in total. The van der Waals surface area contributed by atoms with Crippen LogP contribution in [0.3, 0.4) is 0 Å². The second-order valence-corrected chi connectivity index (χ2v) is 7.33. The maximum absolute atomic E-state index is 13.3. The van der Waals surface area contributed by atoms with Gasteiger partial charge in [0.15, 0.2) is 0 Å². The van der Waals surface area contributed by atoms with Gasteiger partial charge in [-0.25, -0.2) is 9.37 Å². The summed E-state index contributed by atoms with van der Waals surface area (Å²) >= 11 is 7.10. The Morgan fingerprint density at radius 3 is 2.80 bits per heavy atom. The van der Waals surface area contributed by atoms with E-state index in [9.17, 15) is 14.4 Å². The van der Waals surface area contributed by atoms with E-state index in [1.54, 1.807) is 6.07 Å². The lowest BCUT2D eigenvalue weighted by atomic mass is 10.0. The van der Waals surface area contributed by atoms with Gasteiger partial charge in [-0.2, -0.15) is 5.26 Å². The molecule has 3 rings (SSSR count). The number of nitrogens with zero attached hydrogens (tertiary/aromatic N) is 2. The minimum absolute atomic E-state index is 0.0553. The van der Waals surface area contributed by atoms with Crippen LogP contribution in [0.15, 0.2) is 35.4 Å². The van der Waals surface area contributed by atoms with Gasteiger partial charge in [0.1, 0.15) is 16.9 Å². The summed E-state index contributed by atoms with van der Waals surface area (Å²) in [5, 5.41) is 9.80. The van der Waals surface area contributed by atoms with Crippen molar-refractivity contribution in [3.8, 4) is 6.07 Å². The van der Waals surface area contributed by atoms with E-state index >= 15 is 0 Å². The topological polar surface area (TPSA) is 79.8 Å². The molecule has 7 heteroatoms. The Morgan fingerprint density at radius 2 is 2.20 bits per heavy atom. The fourth-order valence-corrected chi connectivity index (χ4v) is 3.80. The molecule has 1 aromatic carbocycles. The summed E-state index contributed by atoms with van der Waals surface area (Å²) < 4.78 is 13.3. The molecule has 1 saturated carbocycles. The smallest absolute Gasteiger partial charge is 0.225 e. The number of amides is 1. The number of nitrogens with two attached hydrogens (primary N) is 1. The number of benzene rings is 1. The summed E-state index contributed by atoms with van der Waals surface area (Å²) in [6.07, 6.45) is 2.22. The highest BCUT2D eigenvalue weighted by molar-refractivity contribution is 7.99. The third-order valence-corrected chi connectivity index (χ3v) is 5.45. The fraction of sp³-hybridized carbons (Fsp3) is 0.278. The van der Waals surface area contributed by atoms with Crippen molar-refractivity contribution >= 4 is 29.3 Å². The minimum Gasteiger partial charge on any atom is -0.369 e. The fourth-order valence-electron chi connectivity index (χ4n) is 2.49. The molecule has 25 heavy (non-hydrogen) atoms. The second kappa shape index (κ2) is 7.42. The van der Waals surface area contributed by atoms with Crippen molar-refractivity contribution in [2.75, 3.05) is 5.75 Å².